The average Bonchev–Trinajstić information content (AvgIpc) is 3.22. The molecule has 1 fully saturated rings. The number of carbonyl (C=O) groups is 1. The van der Waals surface area contributed by atoms with E-state index in [-0.39, 0.29) is 4.90 Å². The van der Waals surface area contributed by atoms with Gasteiger partial charge in [0.15, 0.2) is 0 Å². The highest BCUT2D eigenvalue weighted by molar-refractivity contribution is 7.92. The van der Waals surface area contributed by atoms with Gasteiger partial charge in [-0.25, -0.2) is 16.8 Å². The fourth-order valence-corrected chi connectivity index (χ4v) is 6.60. The minimum Gasteiger partial charge on any atom is -0.324 e. The summed E-state index contributed by atoms with van der Waals surface area (Å²) in [5.74, 6) is -0.523. The second-order valence-corrected chi connectivity index (χ2v) is 12.0. The summed E-state index contributed by atoms with van der Waals surface area (Å²) in [5, 5.41) is 2.69. The number of anilines is 2. The fourth-order valence-electron chi connectivity index (χ4n) is 3.92. The molecule has 1 N–H and O–H groups in total. The number of hydrogen-bond donors (Lipinski definition) is 1. The lowest BCUT2D eigenvalue weighted by atomic mass is 10.1. The second kappa shape index (κ2) is 9.21. The molecule has 8 nitrogen and oxygen atoms in total. The predicted octanol–water partition coefficient (Wildman–Crippen LogP) is 2.88. The lowest BCUT2D eigenvalue weighted by Crippen LogP contribution is -2.45. The Labute approximate surface area is 190 Å². The van der Waals surface area contributed by atoms with Crippen molar-refractivity contribution in [1.29, 1.82) is 0 Å². The zero-order chi connectivity index (χ0) is 23.7. The van der Waals surface area contributed by atoms with Crippen LogP contribution in [-0.4, -0.2) is 52.4 Å². The van der Waals surface area contributed by atoms with Crippen molar-refractivity contribution >= 4 is 37.3 Å². The molecule has 0 saturated carbocycles. The molecule has 1 amide bonds. The van der Waals surface area contributed by atoms with Gasteiger partial charge in [-0.05, 0) is 81.1 Å². The molecule has 0 spiro atoms. The van der Waals surface area contributed by atoms with Crippen LogP contribution in [0, 0.1) is 13.8 Å². The summed E-state index contributed by atoms with van der Waals surface area (Å²) < 4.78 is 52.9. The molecule has 174 valence electrons. The highest BCUT2D eigenvalue weighted by Gasteiger charge is 2.30. The highest BCUT2D eigenvalue weighted by Crippen LogP contribution is 2.25. The van der Waals surface area contributed by atoms with Gasteiger partial charge in [0.25, 0.3) is 0 Å². The molecule has 0 bridgehead atoms. The van der Waals surface area contributed by atoms with E-state index in [2.05, 4.69) is 5.32 Å². The topological polar surface area (TPSA) is 104 Å². The number of benzene rings is 2. The number of carbonyl (C=O) groups excluding carboxylic acids is 1. The molecule has 1 aliphatic rings. The summed E-state index contributed by atoms with van der Waals surface area (Å²) in [6, 6.07) is 10.3. The first kappa shape index (κ1) is 24.2. The van der Waals surface area contributed by atoms with Gasteiger partial charge in [-0.2, -0.15) is 4.31 Å². The van der Waals surface area contributed by atoms with Crippen molar-refractivity contribution in [2.45, 2.75) is 44.6 Å². The predicted molar refractivity (Wildman–Crippen MR) is 126 cm³/mol. The number of aryl methyl sites for hydroxylation is 2. The molecular formula is C22H29N3O5S2. The summed E-state index contributed by atoms with van der Waals surface area (Å²) in [4.78, 5) is 13.1. The normalized spacial score (nSPS) is 16.0. The van der Waals surface area contributed by atoms with E-state index in [1.165, 1.54) is 35.5 Å². The van der Waals surface area contributed by atoms with Crippen molar-refractivity contribution in [2.75, 3.05) is 29.0 Å². The first-order chi connectivity index (χ1) is 14.9. The summed E-state index contributed by atoms with van der Waals surface area (Å²) in [7, 11) is -7.28. The Balaban J connectivity index is 1.80. The molecule has 1 aliphatic heterocycles. The number of amides is 1. The standard InChI is InChI=1S/C22H29N3O5S2/c1-16-13-17(2)15-20(14-16)25(31(4,27)28)18(3)22(26)23-19-7-9-21(10-8-19)32(29,30)24-11-5-6-12-24/h7-10,13-15,18H,5-6,11-12H2,1-4H3,(H,23,26). The van der Waals surface area contributed by atoms with Crippen LogP contribution in [0.2, 0.25) is 0 Å². The van der Waals surface area contributed by atoms with Crippen molar-refractivity contribution in [2.24, 2.45) is 0 Å². The zero-order valence-electron chi connectivity index (χ0n) is 18.7. The number of hydrogen-bond acceptors (Lipinski definition) is 5. The highest BCUT2D eigenvalue weighted by atomic mass is 32.2. The fraction of sp³-hybridized carbons (Fsp3) is 0.409. The number of nitrogens with one attached hydrogen (secondary N) is 1. The Morgan fingerprint density at radius 1 is 0.969 bits per heavy atom. The Bertz CT molecular complexity index is 1180. The van der Waals surface area contributed by atoms with E-state index in [9.17, 15) is 21.6 Å². The third kappa shape index (κ3) is 5.31. The van der Waals surface area contributed by atoms with Gasteiger partial charge in [0.1, 0.15) is 6.04 Å². The maximum Gasteiger partial charge on any atom is 0.247 e. The van der Waals surface area contributed by atoms with Crippen LogP contribution in [0.1, 0.15) is 30.9 Å². The maximum absolute atomic E-state index is 12.9. The van der Waals surface area contributed by atoms with Gasteiger partial charge < -0.3 is 5.32 Å². The number of rotatable bonds is 7. The molecule has 0 aliphatic carbocycles. The van der Waals surface area contributed by atoms with E-state index in [0.717, 1.165) is 34.5 Å². The van der Waals surface area contributed by atoms with E-state index in [1.54, 1.807) is 12.1 Å². The lowest BCUT2D eigenvalue weighted by Gasteiger charge is -2.28. The Morgan fingerprint density at radius 3 is 2.00 bits per heavy atom. The van der Waals surface area contributed by atoms with Crippen molar-refractivity contribution in [3.63, 3.8) is 0 Å². The molecule has 2 aromatic carbocycles. The molecule has 3 rings (SSSR count). The molecule has 1 saturated heterocycles. The first-order valence-electron chi connectivity index (χ1n) is 10.4. The van der Waals surface area contributed by atoms with E-state index in [1.807, 2.05) is 19.9 Å². The minimum atomic E-state index is -3.74. The monoisotopic (exact) mass is 479 g/mol. The molecule has 0 aromatic heterocycles. The maximum atomic E-state index is 12.9. The molecular weight excluding hydrogens is 450 g/mol. The van der Waals surface area contributed by atoms with Crippen LogP contribution in [-0.2, 0) is 24.8 Å². The van der Waals surface area contributed by atoms with E-state index in [4.69, 9.17) is 0 Å². The minimum absolute atomic E-state index is 0.165. The Kier molecular flexibility index (Phi) is 6.97. The molecule has 10 heteroatoms. The van der Waals surface area contributed by atoms with Crippen molar-refractivity contribution in [3.8, 4) is 0 Å². The number of nitrogens with zero attached hydrogens (tertiary/aromatic N) is 2. The zero-order valence-corrected chi connectivity index (χ0v) is 20.3. The van der Waals surface area contributed by atoms with Crippen molar-refractivity contribution in [3.05, 3.63) is 53.6 Å². The van der Waals surface area contributed by atoms with E-state index < -0.39 is 32.0 Å². The summed E-state index contributed by atoms with van der Waals surface area (Å²) >= 11 is 0. The Hall–Kier alpha value is -2.43. The van der Waals surface area contributed by atoms with Gasteiger partial charge >= 0.3 is 0 Å². The number of sulfonamides is 2. The smallest absolute Gasteiger partial charge is 0.247 e. The van der Waals surface area contributed by atoms with E-state index in [0.29, 0.717) is 24.5 Å². The van der Waals surface area contributed by atoms with Crippen LogP contribution >= 0.6 is 0 Å². The largest absolute Gasteiger partial charge is 0.324 e. The molecule has 2 aromatic rings. The summed E-state index contributed by atoms with van der Waals surface area (Å²) in [5.41, 5.74) is 2.57. The van der Waals surface area contributed by atoms with Crippen molar-refractivity contribution in [1.82, 2.24) is 4.31 Å². The van der Waals surface area contributed by atoms with Gasteiger partial charge in [0.05, 0.1) is 16.8 Å². The van der Waals surface area contributed by atoms with E-state index >= 15 is 0 Å². The van der Waals surface area contributed by atoms with Crippen LogP contribution in [0.25, 0.3) is 0 Å². The third-order valence-electron chi connectivity index (χ3n) is 5.37. The first-order valence-corrected chi connectivity index (χ1v) is 13.7. The van der Waals surface area contributed by atoms with Crippen LogP contribution in [0.3, 0.4) is 0 Å². The third-order valence-corrected chi connectivity index (χ3v) is 8.53. The summed E-state index contributed by atoms with van der Waals surface area (Å²) in [6.07, 6.45) is 2.76. The summed E-state index contributed by atoms with van der Waals surface area (Å²) in [6.45, 7) is 6.26. The van der Waals surface area contributed by atoms with Crippen LogP contribution < -0.4 is 9.62 Å². The second-order valence-electron chi connectivity index (χ2n) is 8.21. The average molecular weight is 480 g/mol. The lowest BCUT2D eigenvalue weighted by molar-refractivity contribution is -0.116. The van der Waals surface area contributed by atoms with Crippen LogP contribution in [0.4, 0.5) is 11.4 Å². The van der Waals surface area contributed by atoms with Crippen LogP contribution in [0.15, 0.2) is 47.4 Å². The SMILES string of the molecule is Cc1cc(C)cc(N(C(C)C(=O)Nc2ccc(S(=O)(=O)N3CCCC3)cc2)S(C)(=O)=O)c1. The van der Waals surface area contributed by atoms with Gasteiger partial charge in [-0.3, -0.25) is 9.10 Å². The van der Waals surface area contributed by atoms with Crippen LogP contribution in [0.5, 0.6) is 0 Å². The molecule has 1 unspecified atom stereocenters. The molecule has 32 heavy (non-hydrogen) atoms. The van der Waals surface area contributed by atoms with Crippen molar-refractivity contribution < 1.29 is 21.6 Å². The molecule has 0 radical (unpaired) electrons. The molecule has 1 heterocycles. The molecule has 1 atom stereocenters. The van der Waals surface area contributed by atoms with Gasteiger partial charge in [0.2, 0.25) is 26.0 Å². The van der Waals surface area contributed by atoms with Gasteiger partial charge in [-0.1, -0.05) is 6.07 Å². The Morgan fingerprint density at radius 2 is 1.50 bits per heavy atom. The quantitative estimate of drug-likeness (QED) is 0.658. The van der Waals surface area contributed by atoms with Gasteiger partial charge in [0, 0.05) is 18.8 Å². The van der Waals surface area contributed by atoms with Gasteiger partial charge in [-0.15, -0.1) is 0 Å².